The molecule has 0 aromatic heterocycles. The topological polar surface area (TPSA) is 643 Å². The molecule has 15 rings (SSSR count). The van der Waals surface area contributed by atoms with E-state index in [4.69, 9.17) is 67.8 Å². The number of aliphatic carboxylic acids is 1. The summed E-state index contributed by atoms with van der Waals surface area (Å²) in [7, 11) is 1.45. The number of rotatable bonds is 25. The molecular weight excluding hydrogens is 1850 g/mol. The van der Waals surface area contributed by atoms with Crippen molar-refractivity contribution in [2.45, 2.75) is 219 Å². The zero-order chi connectivity index (χ0) is 99.4. The van der Waals surface area contributed by atoms with Gasteiger partial charge in [0.05, 0.1) is 53.0 Å². The van der Waals surface area contributed by atoms with Gasteiger partial charge in [0.1, 0.15) is 120 Å². The van der Waals surface area contributed by atoms with Crippen LogP contribution in [-0.2, 0) is 70.4 Å². The Bertz CT molecular complexity index is 5690. The normalized spacial score (nSPS) is 28.2. The number of ether oxygens (including phenoxy) is 8. The molecule has 2 unspecified atom stereocenters. The molecule has 46 heteroatoms. The van der Waals surface area contributed by atoms with Crippen molar-refractivity contribution in [3.63, 3.8) is 0 Å². The van der Waals surface area contributed by atoms with Crippen LogP contribution in [0.3, 0.4) is 0 Å². The number of carbonyl (C=O) groups is 9. The lowest BCUT2D eigenvalue weighted by Crippen LogP contribution is -2.65. The Hall–Kier alpha value is -11.9. The van der Waals surface area contributed by atoms with Gasteiger partial charge >= 0.3 is 12.3 Å². The summed E-state index contributed by atoms with van der Waals surface area (Å²) in [6.07, 6.45) is -32.8. The lowest BCUT2D eigenvalue weighted by Gasteiger charge is -2.47. The van der Waals surface area contributed by atoms with E-state index in [1.165, 1.54) is 75.5 Å². The number of halogens is 5. The lowest BCUT2D eigenvalue weighted by molar-refractivity contribution is -0.350. The van der Waals surface area contributed by atoms with E-state index < -0.39 is 308 Å². The van der Waals surface area contributed by atoms with Crippen molar-refractivity contribution >= 4 is 82.1 Å². The minimum Gasteiger partial charge on any atom is -0.507 e. The van der Waals surface area contributed by atoms with E-state index in [1.807, 2.05) is 6.92 Å². The van der Waals surface area contributed by atoms with E-state index in [2.05, 4.69) is 57.9 Å². The number of hydrogen-bond acceptors (Lipinski definition) is 32. The highest BCUT2D eigenvalue weighted by Crippen LogP contribution is 2.52. The molecule has 0 spiro atoms. The molecule has 7 aromatic rings. The number of hydrogen-bond donors (Lipinski definition) is 24. The van der Waals surface area contributed by atoms with Crippen LogP contribution in [0.1, 0.15) is 140 Å². The molecule has 8 amide bonds. The summed E-state index contributed by atoms with van der Waals surface area (Å²) >= 11 is 14.6. The number of aliphatic hydroxyl groups excluding tert-OH is 8. The number of aliphatic hydroxyl groups is 8. The first-order chi connectivity index (χ1) is 64.8. The Morgan fingerprint density at radius 3 is 1.96 bits per heavy atom. The monoisotopic (exact) mass is 1960 g/mol. The summed E-state index contributed by atoms with van der Waals surface area (Å²) in [6, 6.07) is 8.87. The minimum atomic E-state index is -5.03. The summed E-state index contributed by atoms with van der Waals surface area (Å²) in [5, 5.41) is 168. The van der Waals surface area contributed by atoms with Crippen molar-refractivity contribution in [2.24, 2.45) is 17.4 Å². The molecular formula is C91H105Cl2F3N12O29. The van der Waals surface area contributed by atoms with Crippen molar-refractivity contribution in [3.05, 3.63) is 176 Å². The number of anilines is 1. The molecule has 8 aliphatic rings. The number of alkyl halides is 3. The van der Waals surface area contributed by atoms with Crippen LogP contribution in [0.25, 0.3) is 11.1 Å². The number of carbonyl (C=O) groups excluding carboxylic acids is 8. The number of phenolic OH excluding ortho intramolecular Hbond substituents is 3. The number of nitrogens with two attached hydrogens (primary N) is 2. The van der Waals surface area contributed by atoms with Crippen molar-refractivity contribution in [3.8, 4) is 62.9 Å². The number of benzene rings is 7. The number of phenols is 3. The summed E-state index contributed by atoms with van der Waals surface area (Å²) < 4.78 is 88.0. The number of aromatic hydroxyl groups is 3. The van der Waals surface area contributed by atoms with Gasteiger partial charge in [-0.3, -0.25) is 38.4 Å². The number of likely N-dealkylation sites (N-methyl/N-ethyl adjacent to an activating group) is 1. The molecule has 23 atom stereocenters. The fourth-order valence-electron chi connectivity index (χ4n) is 17.2. The predicted octanol–water partition coefficient (Wildman–Crippen LogP) is 2.45. The molecule has 7 aromatic carbocycles. The smallest absolute Gasteiger partial charge is 0.507 e. The number of nitrogens with one attached hydrogen (secondary N) is 10. The molecule has 0 aliphatic carbocycles. The zero-order valence-electron chi connectivity index (χ0n) is 74.0. The van der Waals surface area contributed by atoms with Crippen LogP contribution in [-0.4, -0.2) is 257 Å². The molecule has 0 radical (unpaired) electrons. The van der Waals surface area contributed by atoms with Gasteiger partial charge in [0.2, 0.25) is 53.4 Å². The minimum absolute atomic E-state index is 0.0545. The molecule has 3 fully saturated rings. The summed E-state index contributed by atoms with van der Waals surface area (Å²) in [5.74, 6) is -19.9. The molecule has 41 nitrogen and oxygen atoms in total. The van der Waals surface area contributed by atoms with Crippen molar-refractivity contribution in [1.29, 1.82) is 0 Å². The summed E-state index contributed by atoms with van der Waals surface area (Å²) in [5.41, 5.74) is 8.48. The van der Waals surface area contributed by atoms with Gasteiger partial charge in [-0.15, -0.1) is 13.2 Å². The Morgan fingerprint density at radius 2 is 1.31 bits per heavy atom. The molecule has 26 N–H and O–H groups in total. The third kappa shape index (κ3) is 23.2. The largest absolute Gasteiger partial charge is 0.573 e. The molecule has 0 saturated carbocycles. The Labute approximate surface area is 789 Å². The standard InChI is InChI=1S/C91H105Cl2F3N12O29/c1-7-20-100-33-48-54(111)29-47-64(71(48)114)46-24-40(14-17-53(46)110)65-83(124)107-68(85(126)106-67(47)87(128)129)63(59-31-90(5,98)79(120)37(4)130-59)39-15-18-55(49(92)25-39)131-57-27-43-28-58(132-56-19-16-41(26-50(56)93)70(113)69(108-81(122)51(99-6)21-36(2)3)86(127)103-52(30-62(97)112)82(123)104-66(43)84(125)105-65)77(57)135-89-76(119)74(117)78(61(35-109)134-89)136-88-75(118)73(116)72(115)60(133-88)34-101-32-38-10-8-12-44(22-38)102-80(121)42-11-9-13-45(23-42)137-91(94,95)96/h8-19,22-29,36-37,51-52,59-61,63,65-70,72-76,78-79,88-89,99-101,109-111,113-120H,7,20-21,30-35,98H2,1-6H3,(H2,97,112)(H,102,121)(H,103,127)(H,104,123)(H,105,125)(H,106,126)(H,107,124)(H,108,122)(H,128,129)/t37-,51+,52-,59?,60+,61+,63-,65+,66+,67+,68-,69?,70+,72-,73-,74+,75+,76+,78+,79-,88-,89-,90-/m0/s1. The highest BCUT2D eigenvalue weighted by Gasteiger charge is 2.54. The van der Waals surface area contributed by atoms with Crippen LogP contribution in [0.2, 0.25) is 10.0 Å². The second kappa shape index (κ2) is 43.0. The van der Waals surface area contributed by atoms with Crippen molar-refractivity contribution in [1.82, 2.24) is 47.9 Å². The van der Waals surface area contributed by atoms with Crippen molar-refractivity contribution in [2.75, 3.05) is 32.1 Å². The van der Waals surface area contributed by atoms with Crippen LogP contribution in [0, 0.1) is 5.92 Å². The Balaban J connectivity index is 0.944. The number of carboxylic acid groups (broad SMARTS) is 1. The maximum atomic E-state index is 16.6. The third-order valence-corrected chi connectivity index (χ3v) is 24.8. The van der Waals surface area contributed by atoms with E-state index in [0.29, 0.717) is 18.5 Å². The summed E-state index contributed by atoms with van der Waals surface area (Å²) in [6.45, 7) is 6.74. The van der Waals surface area contributed by atoms with Crippen LogP contribution < -0.4 is 83.6 Å². The first kappa shape index (κ1) is 103. The van der Waals surface area contributed by atoms with E-state index in [1.54, 1.807) is 19.9 Å². The van der Waals surface area contributed by atoms with Gasteiger partial charge in [-0.05, 0) is 165 Å². The zero-order valence-corrected chi connectivity index (χ0v) is 75.6. The van der Waals surface area contributed by atoms with Gasteiger partial charge in [0.25, 0.3) is 5.91 Å². The molecule has 11 bridgehead atoms. The average molecular weight is 1960 g/mol. The third-order valence-electron chi connectivity index (χ3n) is 24.2. The van der Waals surface area contributed by atoms with E-state index in [-0.39, 0.29) is 59.9 Å². The highest BCUT2D eigenvalue weighted by molar-refractivity contribution is 6.32. The summed E-state index contributed by atoms with van der Waals surface area (Å²) in [4.78, 5) is 135. The van der Waals surface area contributed by atoms with E-state index in [0.717, 1.165) is 60.7 Å². The molecule has 137 heavy (non-hydrogen) atoms. The number of carboxylic acids is 1. The van der Waals surface area contributed by atoms with Crippen molar-refractivity contribution < 1.29 is 155 Å². The lowest BCUT2D eigenvalue weighted by atomic mass is 9.75. The van der Waals surface area contributed by atoms with E-state index >= 15 is 24.0 Å². The SMILES string of the molecule is CCCNCc1c(O)cc2c(c1O)-c1cc(ccc1O)[C@H]1NC(=O)[C@@H]3NC(=O)[C@H](CC(N)=O)NC(=O)C(NC(=O)[C@@H](CC(C)C)NC)[C@H](O)c4ccc(c(Cl)c4)Oc4cc3cc(c4O[C@@H]3O[C@H](CO)[C@@H](O[C@@H]4O[C@H](CNCc5cccc(NC(=O)c6cccc(OC(F)(F)F)c6)c5)[C@H](O)[C@H](O)[C@H]4O)[C@H](O)[C@H]3O)Oc3ccc(cc3Cl)[C@@H](C3C[C@](C)(N)[C@@H](O)[C@H](C)O3)[C@H](NC1=O)C(=O)N[C@H]2C(=O)O. The molecule has 8 heterocycles. The van der Waals surface area contributed by atoms with Crippen LogP contribution in [0.4, 0.5) is 18.9 Å². The first-order valence-corrected chi connectivity index (χ1v) is 44.3. The molecule has 3 saturated heterocycles. The van der Waals surface area contributed by atoms with E-state index in [9.17, 15) is 93.6 Å². The van der Waals surface area contributed by atoms with Crippen LogP contribution >= 0.6 is 23.2 Å². The second-order valence-corrected chi connectivity index (χ2v) is 35.5. The van der Waals surface area contributed by atoms with Gasteiger partial charge in [0, 0.05) is 59.0 Å². The van der Waals surface area contributed by atoms with Gasteiger partial charge in [-0.25, -0.2) is 4.79 Å². The Morgan fingerprint density at radius 1 is 0.672 bits per heavy atom. The number of fused-ring (bicyclic) bond motifs is 15. The number of amides is 8. The quantitative estimate of drug-likeness (QED) is 0.0365. The fourth-order valence-corrected chi connectivity index (χ4v) is 17.7. The second-order valence-electron chi connectivity index (χ2n) is 34.7. The predicted molar refractivity (Wildman–Crippen MR) is 475 cm³/mol. The fraction of sp³-hybridized carbons (Fsp3) is 0.440. The van der Waals surface area contributed by atoms with Gasteiger partial charge < -0.3 is 164 Å². The Kier molecular flexibility index (Phi) is 32.2. The van der Waals surface area contributed by atoms with Gasteiger partial charge in [-0.2, -0.15) is 0 Å². The van der Waals surface area contributed by atoms with Gasteiger partial charge in [0.15, 0.2) is 23.8 Å². The maximum Gasteiger partial charge on any atom is 0.573 e. The van der Waals surface area contributed by atoms with Crippen LogP contribution in [0.15, 0.2) is 121 Å². The average Bonchev–Trinajstić information content (AvgIpc) is 0.754. The first-order valence-electron chi connectivity index (χ1n) is 43.5. The van der Waals surface area contributed by atoms with Gasteiger partial charge in [-0.1, -0.05) is 80.4 Å². The molecule has 8 aliphatic heterocycles. The number of primary amides is 1. The van der Waals surface area contributed by atoms with Crippen LogP contribution in [0.5, 0.6) is 51.7 Å². The maximum absolute atomic E-state index is 16.6. The molecule has 738 valence electrons. The highest BCUT2D eigenvalue weighted by atomic mass is 35.5.